The first kappa shape index (κ1) is 28.2. The van der Waals surface area contributed by atoms with E-state index in [0.29, 0.717) is 71.6 Å². The fraction of sp³-hybridized carbons (Fsp3) is 0.429. The Hall–Kier alpha value is -2.85. The number of pyridine rings is 1. The molecule has 1 fully saturated rings. The highest BCUT2D eigenvalue weighted by Gasteiger charge is 2.41. The van der Waals surface area contributed by atoms with Crippen LogP contribution in [-0.2, 0) is 11.2 Å². The van der Waals surface area contributed by atoms with E-state index in [9.17, 15) is 23.9 Å². The number of methoxy groups -OCH3 is 1. The van der Waals surface area contributed by atoms with E-state index >= 15 is 0 Å². The summed E-state index contributed by atoms with van der Waals surface area (Å²) in [6.45, 7) is 1.96. The molecule has 38 heavy (non-hydrogen) atoms. The number of aliphatic hydroxyl groups is 1. The Kier molecular flexibility index (Phi) is 9.15. The molecule has 4 rings (SSSR count). The maximum absolute atomic E-state index is 13.4. The molecule has 3 aromatic rings. The Morgan fingerprint density at radius 2 is 1.92 bits per heavy atom. The summed E-state index contributed by atoms with van der Waals surface area (Å²) in [7, 11) is 1.56. The van der Waals surface area contributed by atoms with E-state index in [0.717, 1.165) is 19.0 Å². The average molecular weight is 548 g/mol. The second-order valence-electron chi connectivity index (χ2n) is 9.90. The number of nitrogens with one attached hydrogen (secondary N) is 1. The molecule has 2 heterocycles. The van der Waals surface area contributed by atoms with Gasteiger partial charge in [-0.2, -0.15) is 0 Å². The number of halogens is 3. The zero-order chi connectivity index (χ0) is 27.3. The Balaban J connectivity index is 1.39. The zero-order valence-corrected chi connectivity index (χ0v) is 22.0. The van der Waals surface area contributed by atoms with Crippen LogP contribution < -0.4 is 10.2 Å². The molecule has 1 aliphatic heterocycles. The molecule has 2 aromatic carbocycles. The summed E-state index contributed by atoms with van der Waals surface area (Å²) in [6.07, 6.45) is 3.42. The molecular weight excluding hydrogens is 516 g/mol. The smallest absolute Gasteiger partial charge is 0.249 e. The van der Waals surface area contributed by atoms with Crippen LogP contribution in [0, 0.1) is 17.0 Å². The fourth-order valence-corrected chi connectivity index (χ4v) is 5.64. The van der Waals surface area contributed by atoms with Gasteiger partial charge in [0.05, 0.1) is 29.2 Å². The van der Waals surface area contributed by atoms with E-state index in [2.05, 4.69) is 9.88 Å². The Labute approximate surface area is 225 Å². The van der Waals surface area contributed by atoms with Crippen LogP contribution in [0.25, 0.3) is 10.9 Å². The van der Waals surface area contributed by atoms with Crippen molar-refractivity contribution in [2.24, 2.45) is 5.41 Å². The molecule has 0 bridgehead atoms. The van der Waals surface area contributed by atoms with Gasteiger partial charge in [0.15, 0.2) is 0 Å². The number of aliphatic hydroxyl groups excluding tert-OH is 1. The first-order valence-electron chi connectivity index (χ1n) is 12.7. The van der Waals surface area contributed by atoms with Crippen LogP contribution in [-0.4, -0.2) is 52.8 Å². The molecule has 10 heteroatoms. The number of aryl methyl sites for hydroxylation is 1. The Bertz CT molecular complexity index is 1260. The van der Waals surface area contributed by atoms with Gasteiger partial charge in [-0.1, -0.05) is 11.6 Å². The quantitative estimate of drug-likeness (QED) is 0.238. The molecule has 3 N–H and O–H groups in total. The molecule has 0 aliphatic carbocycles. The summed E-state index contributed by atoms with van der Waals surface area (Å²) in [5.41, 5.74) is 2.79. The number of ether oxygens (including phenoxy) is 1. The summed E-state index contributed by atoms with van der Waals surface area (Å²) in [4.78, 5) is 19.3. The molecular formula is C28H32ClF2N3O4. The lowest BCUT2D eigenvalue weighted by Crippen LogP contribution is -2.48. The molecule has 0 saturated carbocycles. The highest BCUT2D eigenvalue weighted by atomic mass is 35.5. The minimum Gasteiger partial charge on any atom is -0.497 e. The summed E-state index contributed by atoms with van der Waals surface area (Å²) in [6, 6.07) is 8.90. The number of fused-ring (bicyclic) bond motifs is 1. The first-order valence-corrected chi connectivity index (χ1v) is 13.0. The molecule has 204 valence electrons. The number of carbonyl (C=O) groups excluding carboxylic acids is 1. The van der Waals surface area contributed by atoms with Gasteiger partial charge >= 0.3 is 0 Å². The van der Waals surface area contributed by atoms with Crippen molar-refractivity contribution in [3.8, 4) is 5.75 Å². The van der Waals surface area contributed by atoms with Crippen LogP contribution in [0.15, 0.2) is 42.6 Å². The number of rotatable bonds is 10. The SMILES string of the molecule is COc1ccc2ncc(Cl)c([C@H](O)CCC3(C(=O)NO)CCN(CCCc4cc(F)cc(F)c4)CC3)c2c1. The molecule has 7 nitrogen and oxygen atoms in total. The van der Waals surface area contributed by atoms with Gasteiger partial charge in [-0.15, -0.1) is 0 Å². The Morgan fingerprint density at radius 1 is 1.21 bits per heavy atom. The second-order valence-corrected chi connectivity index (χ2v) is 10.3. The number of likely N-dealkylation sites (tertiary alicyclic amines) is 1. The third-order valence-electron chi connectivity index (χ3n) is 7.56. The monoisotopic (exact) mass is 547 g/mol. The van der Waals surface area contributed by atoms with Gasteiger partial charge in [0, 0.05) is 23.2 Å². The van der Waals surface area contributed by atoms with Crippen LogP contribution in [0.2, 0.25) is 5.02 Å². The number of amides is 1. The fourth-order valence-electron chi connectivity index (χ4n) is 5.37. The van der Waals surface area contributed by atoms with Gasteiger partial charge in [0.1, 0.15) is 17.4 Å². The molecule has 1 aromatic heterocycles. The van der Waals surface area contributed by atoms with E-state index in [-0.39, 0.29) is 6.42 Å². The van der Waals surface area contributed by atoms with Crippen molar-refractivity contribution >= 4 is 28.4 Å². The van der Waals surface area contributed by atoms with Crippen molar-refractivity contribution in [3.05, 3.63) is 70.4 Å². The zero-order valence-electron chi connectivity index (χ0n) is 21.2. The van der Waals surface area contributed by atoms with E-state index in [4.69, 9.17) is 16.3 Å². The number of benzene rings is 2. The normalized spacial score (nSPS) is 16.4. The molecule has 1 aliphatic rings. The van der Waals surface area contributed by atoms with Crippen LogP contribution in [0.3, 0.4) is 0 Å². The third kappa shape index (κ3) is 6.40. The van der Waals surface area contributed by atoms with Gasteiger partial charge in [-0.3, -0.25) is 15.0 Å². The number of hydroxylamine groups is 1. The summed E-state index contributed by atoms with van der Waals surface area (Å²) in [5, 5.41) is 21.6. The molecule has 1 saturated heterocycles. The summed E-state index contributed by atoms with van der Waals surface area (Å²) in [5.74, 6) is -1.02. The maximum atomic E-state index is 13.4. The van der Waals surface area contributed by atoms with Crippen molar-refractivity contribution in [1.82, 2.24) is 15.4 Å². The number of nitrogens with zero attached hydrogens (tertiary/aromatic N) is 2. The van der Waals surface area contributed by atoms with Crippen molar-refractivity contribution in [2.75, 3.05) is 26.7 Å². The number of aromatic nitrogens is 1. The lowest BCUT2D eigenvalue weighted by molar-refractivity contribution is -0.143. The predicted molar refractivity (Wildman–Crippen MR) is 140 cm³/mol. The molecule has 0 spiro atoms. The van der Waals surface area contributed by atoms with Gasteiger partial charge in [0.25, 0.3) is 0 Å². The molecule has 0 radical (unpaired) electrons. The van der Waals surface area contributed by atoms with E-state index in [1.807, 2.05) is 5.48 Å². The highest BCUT2D eigenvalue weighted by molar-refractivity contribution is 6.32. The number of carbonyl (C=O) groups is 1. The van der Waals surface area contributed by atoms with Gasteiger partial charge < -0.3 is 14.7 Å². The van der Waals surface area contributed by atoms with Crippen LogP contribution in [0.5, 0.6) is 5.75 Å². The Morgan fingerprint density at radius 3 is 2.58 bits per heavy atom. The minimum absolute atomic E-state index is 0.259. The van der Waals surface area contributed by atoms with Crippen LogP contribution in [0.1, 0.15) is 49.3 Å². The van der Waals surface area contributed by atoms with Gasteiger partial charge in [-0.05, 0) is 94.1 Å². The molecule has 0 unspecified atom stereocenters. The van der Waals surface area contributed by atoms with E-state index < -0.39 is 29.1 Å². The van der Waals surface area contributed by atoms with E-state index in [1.165, 1.54) is 18.3 Å². The maximum Gasteiger partial charge on any atom is 0.249 e. The van der Waals surface area contributed by atoms with Crippen molar-refractivity contribution in [2.45, 2.75) is 44.6 Å². The topological polar surface area (TPSA) is 94.9 Å². The molecule has 1 atom stereocenters. The largest absolute Gasteiger partial charge is 0.497 e. The van der Waals surface area contributed by atoms with Crippen LogP contribution in [0.4, 0.5) is 8.78 Å². The van der Waals surface area contributed by atoms with Gasteiger partial charge in [0.2, 0.25) is 5.91 Å². The average Bonchev–Trinajstić information content (AvgIpc) is 2.91. The lowest BCUT2D eigenvalue weighted by atomic mass is 9.73. The predicted octanol–water partition coefficient (Wildman–Crippen LogP) is 5.21. The number of hydrogen-bond donors (Lipinski definition) is 3. The summed E-state index contributed by atoms with van der Waals surface area (Å²) >= 11 is 6.44. The molecule has 1 amide bonds. The summed E-state index contributed by atoms with van der Waals surface area (Å²) < 4.78 is 32.2. The number of piperidine rings is 1. The van der Waals surface area contributed by atoms with E-state index in [1.54, 1.807) is 25.3 Å². The van der Waals surface area contributed by atoms with Gasteiger partial charge in [-0.25, -0.2) is 14.3 Å². The second kappa shape index (κ2) is 12.3. The van der Waals surface area contributed by atoms with Crippen molar-refractivity contribution in [3.63, 3.8) is 0 Å². The van der Waals surface area contributed by atoms with Crippen molar-refractivity contribution < 1.29 is 28.6 Å². The minimum atomic E-state index is -0.951. The van der Waals surface area contributed by atoms with Crippen LogP contribution >= 0.6 is 11.6 Å². The first-order chi connectivity index (χ1) is 18.2. The standard InChI is InChI=1S/C28H32ClF2N3O4/c1-38-21-4-5-24-22(16-21)26(23(29)17-32-24)25(35)6-7-28(27(36)33-37)8-11-34(12-9-28)10-2-3-18-13-19(30)15-20(31)14-18/h4-5,13-17,25,35,37H,2-3,6-12H2,1H3,(H,33,36)/t25-/m1/s1. The van der Waals surface area contributed by atoms with Crippen molar-refractivity contribution in [1.29, 1.82) is 0 Å². The third-order valence-corrected chi connectivity index (χ3v) is 7.86. The lowest BCUT2D eigenvalue weighted by Gasteiger charge is -2.40. The number of hydrogen-bond acceptors (Lipinski definition) is 6. The highest BCUT2D eigenvalue weighted by Crippen LogP contribution is 2.41.